The standard InChI is InChI=1S/C26H17N3OS.C17H12N2OS.C9H9NO/c30-25-21(13-23-19-9-5-4-8-18(19)14-27-23)20-12-17(10-11-22(20)28-25)24-15-31-26(29-24)16-6-2-1-3-7-16;20-16-9-13-8-12(6-7-14(13)18-16)15-10-21-17(19-15)11-4-2-1-3-5-11;1-11-9-6-10-8-5-3-2-4-7(8)9/h1-15,27H,(H,28,30);1-8,10H,9H2,(H,18,20);2-6,10H,1H3/b21-13-;;. The van der Waals surface area contributed by atoms with Crippen LogP contribution in [0.5, 0.6) is 5.75 Å². The van der Waals surface area contributed by atoms with Gasteiger partial charge in [0.25, 0.3) is 5.91 Å². The molecule has 0 aliphatic carbocycles. The van der Waals surface area contributed by atoms with Gasteiger partial charge in [-0.05, 0) is 53.4 Å². The molecule has 0 radical (unpaired) electrons. The Labute approximate surface area is 370 Å². The quantitative estimate of drug-likeness (QED) is 0.124. The third-order valence-electron chi connectivity index (χ3n) is 10.9. The minimum Gasteiger partial charge on any atom is -0.495 e. The number of nitrogens with zero attached hydrogens (tertiary/aromatic N) is 2. The van der Waals surface area contributed by atoms with Crippen LogP contribution in [0.4, 0.5) is 11.4 Å². The second-order valence-corrected chi connectivity index (χ2v) is 16.6. The van der Waals surface area contributed by atoms with E-state index in [-0.39, 0.29) is 11.8 Å². The van der Waals surface area contributed by atoms with E-state index in [0.29, 0.717) is 12.0 Å². The molecule has 4 N–H and O–H groups in total. The molecule has 0 saturated carbocycles. The van der Waals surface area contributed by atoms with Gasteiger partial charge in [-0.15, -0.1) is 22.7 Å². The number of anilines is 2. The van der Waals surface area contributed by atoms with Gasteiger partial charge in [0.05, 0.1) is 30.5 Å². The summed E-state index contributed by atoms with van der Waals surface area (Å²) >= 11 is 3.26. The summed E-state index contributed by atoms with van der Waals surface area (Å²) in [5.41, 5.74) is 12.6. The first-order valence-corrected chi connectivity index (χ1v) is 22.0. The second-order valence-electron chi connectivity index (χ2n) is 14.9. The van der Waals surface area contributed by atoms with E-state index in [9.17, 15) is 9.59 Å². The number of carbonyl (C=O) groups excluding carboxylic acids is 2. The lowest BCUT2D eigenvalue weighted by molar-refractivity contribution is -0.115. The summed E-state index contributed by atoms with van der Waals surface area (Å²) in [5.74, 6) is 0.875. The van der Waals surface area contributed by atoms with Gasteiger partial charge in [-0.3, -0.25) is 9.59 Å². The number of benzene rings is 6. The van der Waals surface area contributed by atoms with Gasteiger partial charge in [0.2, 0.25) is 5.91 Å². The summed E-state index contributed by atoms with van der Waals surface area (Å²) in [4.78, 5) is 40.1. The van der Waals surface area contributed by atoms with Crippen LogP contribution in [0.1, 0.15) is 16.8 Å². The molecule has 6 aromatic carbocycles. The van der Waals surface area contributed by atoms with Gasteiger partial charge in [-0.25, -0.2) is 9.97 Å². The van der Waals surface area contributed by atoms with E-state index in [1.54, 1.807) is 29.8 Å². The Morgan fingerprint density at radius 1 is 0.603 bits per heavy atom. The van der Waals surface area contributed by atoms with Crippen molar-refractivity contribution in [3.8, 4) is 49.4 Å². The van der Waals surface area contributed by atoms with Gasteiger partial charge < -0.3 is 25.3 Å². The number of hydrogen-bond donors (Lipinski definition) is 4. The van der Waals surface area contributed by atoms with Crippen molar-refractivity contribution in [2.45, 2.75) is 6.42 Å². The Bertz CT molecular complexity index is 3310. The summed E-state index contributed by atoms with van der Waals surface area (Å²) in [5, 5.41) is 15.3. The summed E-state index contributed by atoms with van der Waals surface area (Å²) in [7, 11) is 1.68. The number of hydrogen-bond acceptors (Lipinski definition) is 7. The fourth-order valence-electron chi connectivity index (χ4n) is 7.70. The molecule has 2 aliphatic heterocycles. The number of thiazole rings is 2. The number of ether oxygens (including phenoxy) is 1. The fourth-order valence-corrected chi connectivity index (χ4v) is 9.37. The fraction of sp³-hybridized carbons (Fsp3) is 0.0385. The van der Waals surface area contributed by atoms with E-state index in [0.717, 1.165) is 99.3 Å². The molecule has 11 heteroatoms. The third-order valence-corrected chi connectivity index (χ3v) is 12.7. The Balaban J connectivity index is 0.000000126. The number of H-pyrrole nitrogens is 2. The number of amides is 2. The molecule has 10 aromatic rings. The van der Waals surface area contributed by atoms with Crippen LogP contribution in [0.2, 0.25) is 0 Å². The van der Waals surface area contributed by atoms with Crippen LogP contribution in [0.3, 0.4) is 0 Å². The topological polar surface area (TPSA) is 125 Å². The van der Waals surface area contributed by atoms with Gasteiger partial charge in [-0.2, -0.15) is 0 Å². The SMILES string of the molecule is COc1c[nH]c2ccccc12.O=C1Cc2cc(-c3csc(-c4ccccc4)n3)ccc2N1.O=C1Nc2ccc(-c3csc(-c4ccccc4)n3)cc2/C1=C/c1[nH]cc2ccccc12. The molecule has 0 fully saturated rings. The van der Waals surface area contributed by atoms with Crippen molar-refractivity contribution < 1.29 is 14.3 Å². The highest BCUT2D eigenvalue weighted by Crippen LogP contribution is 2.38. The van der Waals surface area contributed by atoms with E-state index < -0.39 is 0 Å². The first-order chi connectivity index (χ1) is 31.0. The van der Waals surface area contributed by atoms with Crippen LogP contribution >= 0.6 is 22.7 Å². The molecule has 9 nitrogen and oxygen atoms in total. The van der Waals surface area contributed by atoms with Gasteiger partial charge in [0.1, 0.15) is 15.8 Å². The Morgan fingerprint density at radius 3 is 1.92 bits per heavy atom. The predicted octanol–water partition coefficient (Wildman–Crippen LogP) is 12.6. The van der Waals surface area contributed by atoms with Crippen molar-refractivity contribution in [3.05, 3.63) is 186 Å². The van der Waals surface area contributed by atoms with Crippen molar-refractivity contribution in [1.29, 1.82) is 0 Å². The normalized spacial score (nSPS) is 13.1. The molecule has 306 valence electrons. The Hall–Kier alpha value is -7.86. The first kappa shape index (κ1) is 39.3. The van der Waals surface area contributed by atoms with Crippen molar-refractivity contribution in [2.24, 2.45) is 0 Å². The third kappa shape index (κ3) is 8.18. The summed E-state index contributed by atoms with van der Waals surface area (Å²) in [6.45, 7) is 0. The van der Waals surface area contributed by atoms with Crippen LogP contribution in [0.25, 0.3) is 77.0 Å². The van der Waals surface area contributed by atoms with Crippen LogP contribution < -0.4 is 15.4 Å². The molecule has 6 heterocycles. The highest BCUT2D eigenvalue weighted by Gasteiger charge is 2.25. The van der Waals surface area contributed by atoms with Crippen molar-refractivity contribution in [1.82, 2.24) is 19.9 Å². The van der Waals surface area contributed by atoms with Gasteiger partial charge >= 0.3 is 0 Å². The maximum absolute atomic E-state index is 12.7. The zero-order valence-corrected chi connectivity index (χ0v) is 35.5. The lowest BCUT2D eigenvalue weighted by Crippen LogP contribution is -2.03. The summed E-state index contributed by atoms with van der Waals surface area (Å²) in [6, 6.07) is 48.5. The number of carbonyl (C=O) groups is 2. The molecule has 2 amide bonds. The number of rotatable bonds is 6. The monoisotopic (exact) mass is 858 g/mol. The van der Waals surface area contributed by atoms with E-state index in [1.807, 2.05) is 122 Å². The molecule has 0 saturated heterocycles. The second kappa shape index (κ2) is 17.3. The summed E-state index contributed by atoms with van der Waals surface area (Å²) in [6.07, 6.45) is 6.22. The Morgan fingerprint density at radius 2 is 1.22 bits per heavy atom. The van der Waals surface area contributed by atoms with E-state index >= 15 is 0 Å². The number of aromatic nitrogens is 4. The molecule has 63 heavy (non-hydrogen) atoms. The largest absolute Gasteiger partial charge is 0.495 e. The molecule has 0 bridgehead atoms. The van der Waals surface area contributed by atoms with Gasteiger partial charge in [-0.1, -0.05) is 109 Å². The first-order valence-electron chi connectivity index (χ1n) is 20.3. The van der Waals surface area contributed by atoms with Crippen LogP contribution in [0, 0.1) is 0 Å². The number of para-hydroxylation sites is 1. The van der Waals surface area contributed by atoms with E-state index in [4.69, 9.17) is 14.7 Å². The van der Waals surface area contributed by atoms with Gasteiger partial charge in [0, 0.05) is 84.3 Å². The van der Waals surface area contributed by atoms with Crippen molar-refractivity contribution >= 4 is 79.2 Å². The molecule has 0 unspecified atom stereocenters. The Kier molecular flexibility index (Phi) is 10.8. The average Bonchev–Trinajstić information content (AvgIpc) is 4.20. The summed E-state index contributed by atoms with van der Waals surface area (Å²) < 4.78 is 5.14. The predicted molar refractivity (Wildman–Crippen MR) is 258 cm³/mol. The number of nitrogens with one attached hydrogen (secondary N) is 4. The van der Waals surface area contributed by atoms with Crippen LogP contribution in [0.15, 0.2) is 169 Å². The zero-order chi connectivity index (χ0) is 42.7. The smallest absolute Gasteiger partial charge is 0.256 e. The molecule has 0 spiro atoms. The number of fused-ring (bicyclic) bond motifs is 4. The van der Waals surface area contributed by atoms with E-state index in [2.05, 4.69) is 73.8 Å². The maximum atomic E-state index is 12.7. The lowest BCUT2D eigenvalue weighted by atomic mass is 10.0. The minimum atomic E-state index is -0.0888. The van der Waals surface area contributed by atoms with Crippen molar-refractivity contribution in [2.75, 3.05) is 17.7 Å². The van der Waals surface area contributed by atoms with Crippen LogP contribution in [-0.4, -0.2) is 38.9 Å². The molecular weight excluding hydrogens is 821 g/mol. The number of aromatic amines is 2. The maximum Gasteiger partial charge on any atom is 0.256 e. The highest BCUT2D eigenvalue weighted by atomic mass is 32.1. The molecule has 12 rings (SSSR count). The molecule has 4 aromatic heterocycles. The minimum absolute atomic E-state index is 0.0606. The zero-order valence-electron chi connectivity index (χ0n) is 33.9. The van der Waals surface area contributed by atoms with Crippen LogP contribution in [-0.2, 0) is 16.0 Å². The average molecular weight is 859 g/mol. The molecule has 0 atom stereocenters. The van der Waals surface area contributed by atoms with Gasteiger partial charge in [0.15, 0.2) is 0 Å². The highest BCUT2D eigenvalue weighted by molar-refractivity contribution is 7.13. The molecule has 2 aliphatic rings. The lowest BCUT2D eigenvalue weighted by Gasteiger charge is -2.03. The van der Waals surface area contributed by atoms with Crippen molar-refractivity contribution in [3.63, 3.8) is 0 Å². The van der Waals surface area contributed by atoms with E-state index in [1.165, 1.54) is 0 Å². The molecular formula is C52H38N6O3S2. The number of methoxy groups -OCH3 is 1.